The summed E-state index contributed by atoms with van der Waals surface area (Å²) in [7, 11) is 1.60. The summed E-state index contributed by atoms with van der Waals surface area (Å²) in [6.07, 6.45) is 0.378. The van der Waals surface area contributed by atoms with Crippen molar-refractivity contribution >= 4 is 50.1 Å². The van der Waals surface area contributed by atoms with Crippen LogP contribution in [0.3, 0.4) is 0 Å². The van der Waals surface area contributed by atoms with Gasteiger partial charge < -0.3 is 9.72 Å². The Kier molecular flexibility index (Phi) is 6.21. The fourth-order valence-electron chi connectivity index (χ4n) is 4.54. The third-order valence-corrected chi connectivity index (χ3v) is 6.82. The van der Waals surface area contributed by atoms with E-state index in [9.17, 15) is 9.59 Å². The Labute approximate surface area is 215 Å². The van der Waals surface area contributed by atoms with Crippen LogP contribution in [0.5, 0.6) is 5.75 Å². The van der Waals surface area contributed by atoms with Crippen LogP contribution in [0, 0.1) is 0 Å². The Morgan fingerprint density at radius 3 is 2.66 bits per heavy atom. The number of hydrazone groups is 1. The van der Waals surface area contributed by atoms with Gasteiger partial charge in [-0.2, -0.15) is 5.10 Å². The molecule has 5 rings (SSSR count). The summed E-state index contributed by atoms with van der Waals surface area (Å²) in [5.74, 6) is 0.476. The SMILES string of the molecule is COc1cccc(C2CC(c3c(-c4cccc(Cl)c4)c4cc(Br)ccc4[nH]c3=O)=NN2C(C)=O)c1. The maximum absolute atomic E-state index is 13.5. The lowest BCUT2D eigenvalue weighted by molar-refractivity contribution is -0.130. The number of halogens is 2. The minimum absolute atomic E-state index is 0.211. The second kappa shape index (κ2) is 9.32. The number of ether oxygens (including phenoxy) is 1. The number of H-pyrrole nitrogens is 1. The fourth-order valence-corrected chi connectivity index (χ4v) is 5.10. The summed E-state index contributed by atoms with van der Waals surface area (Å²) in [5.41, 5.74) is 3.78. The number of nitrogens with one attached hydrogen (secondary N) is 1. The van der Waals surface area contributed by atoms with E-state index in [1.54, 1.807) is 13.2 Å². The third-order valence-electron chi connectivity index (χ3n) is 6.09. The molecule has 0 saturated carbocycles. The number of aromatic amines is 1. The molecule has 6 nitrogen and oxygen atoms in total. The molecule has 0 fully saturated rings. The smallest absolute Gasteiger partial charge is 0.258 e. The first-order valence-corrected chi connectivity index (χ1v) is 12.2. The molecule has 1 atom stereocenters. The number of pyridine rings is 1. The van der Waals surface area contributed by atoms with Gasteiger partial charge in [0.25, 0.3) is 5.56 Å². The molecule has 0 spiro atoms. The molecule has 176 valence electrons. The average molecular weight is 551 g/mol. The lowest BCUT2D eigenvalue weighted by atomic mass is 9.91. The van der Waals surface area contributed by atoms with Crippen molar-refractivity contribution in [1.29, 1.82) is 0 Å². The number of hydrogen-bond acceptors (Lipinski definition) is 4. The van der Waals surface area contributed by atoms with E-state index in [-0.39, 0.29) is 17.5 Å². The standard InChI is InChI=1S/C27H21BrClN3O3/c1-15(33)32-24(16-5-4-8-20(12-16)35-2)14-23(31-32)26-25(17-6-3-7-19(29)11-17)21-13-18(28)9-10-22(21)30-27(26)34/h3-13,24H,14H2,1-2H3,(H,30,34). The Morgan fingerprint density at radius 2 is 1.91 bits per heavy atom. The molecule has 1 aliphatic heterocycles. The summed E-state index contributed by atoms with van der Waals surface area (Å²) in [4.78, 5) is 29.1. The van der Waals surface area contributed by atoms with Crippen molar-refractivity contribution in [1.82, 2.24) is 9.99 Å². The predicted octanol–water partition coefficient (Wildman–Crippen LogP) is 6.32. The summed E-state index contributed by atoms with van der Waals surface area (Å²) in [6, 6.07) is 20.3. The molecule has 1 N–H and O–H groups in total. The number of carbonyl (C=O) groups is 1. The number of benzene rings is 3. The van der Waals surface area contributed by atoms with Crippen molar-refractivity contribution < 1.29 is 9.53 Å². The average Bonchev–Trinajstić information content (AvgIpc) is 3.29. The summed E-state index contributed by atoms with van der Waals surface area (Å²) < 4.78 is 6.25. The number of aromatic nitrogens is 1. The van der Waals surface area contributed by atoms with E-state index in [0.29, 0.717) is 34.0 Å². The van der Waals surface area contributed by atoms with Gasteiger partial charge in [0.2, 0.25) is 5.91 Å². The Hall–Kier alpha value is -3.42. The molecule has 0 aliphatic carbocycles. The Morgan fingerprint density at radius 1 is 1.11 bits per heavy atom. The second-order valence-electron chi connectivity index (χ2n) is 8.31. The lowest BCUT2D eigenvalue weighted by Crippen LogP contribution is -2.24. The molecule has 8 heteroatoms. The quantitative estimate of drug-likeness (QED) is 0.323. The van der Waals surface area contributed by atoms with Crippen LogP contribution in [0.25, 0.3) is 22.0 Å². The zero-order valence-electron chi connectivity index (χ0n) is 19.0. The van der Waals surface area contributed by atoms with E-state index in [1.807, 2.05) is 60.7 Å². The summed E-state index contributed by atoms with van der Waals surface area (Å²) >= 11 is 9.88. The zero-order chi connectivity index (χ0) is 24.7. The van der Waals surface area contributed by atoms with Gasteiger partial charge in [0.15, 0.2) is 0 Å². The Balaban J connectivity index is 1.74. The molecule has 0 radical (unpaired) electrons. The molecule has 1 aliphatic rings. The lowest BCUT2D eigenvalue weighted by Gasteiger charge is -2.20. The van der Waals surface area contributed by atoms with Crippen molar-refractivity contribution in [3.05, 3.63) is 97.7 Å². The van der Waals surface area contributed by atoms with E-state index in [1.165, 1.54) is 11.9 Å². The molecule has 1 aromatic heterocycles. The number of hydrogen-bond donors (Lipinski definition) is 1. The third kappa shape index (κ3) is 4.37. The number of nitrogens with zero attached hydrogens (tertiary/aromatic N) is 2. The first-order valence-electron chi connectivity index (χ1n) is 11.0. The molecule has 3 aromatic carbocycles. The molecule has 1 unspecified atom stereocenters. The highest BCUT2D eigenvalue weighted by atomic mass is 79.9. The van der Waals surface area contributed by atoms with Gasteiger partial charge in [0.05, 0.1) is 24.4 Å². The summed E-state index contributed by atoms with van der Waals surface area (Å²) in [5, 5.41) is 7.51. The van der Waals surface area contributed by atoms with Crippen LogP contribution in [0.15, 0.2) is 81.1 Å². The highest BCUT2D eigenvalue weighted by Gasteiger charge is 2.34. The fraction of sp³-hybridized carbons (Fsp3) is 0.148. The van der Waals surface area contributed by atoms with Crippen molar-refractivity contribution in [2.75, 3.05) is 7.11 Å². The molecular formula is C27H21BrClN3O3. The van der Waals surface area contributed by atoms with Gasteiger partial charge in [-0.3, -0.25) is 9.59 Å². The van der Waals surface area contributed by atoms with Gasteiger partial charge in [-0.15, -0.1) is 0 Å². The molecule has 2 heterocycles. The number of amides is 1. The van der Waals surface area contributed by atoms with Gasteiger partial charge in [-0.05, 0) is 53.6 Å². The monoisotopic (exact) mass is 549 g/mol. The van der Waals surface area contributed by atoms with Crippen LogP contribution < -0.4 is 10.3 Å². The largest absolute Gasteiger partial charge is 0.497 e. The molecule has 4 aromatic rings. The number of methoxy groups -OCH3 is 1. The van der Waals surface area contributed by atoms with Crippen LogP contribution in [0.2, 0.25) is 5.02 Å². The topological polar surface area (TPSA) is 74.8 Å². The zero-order valence-corrected chi connectivity index (χ0v) is 21.4. The molecule has 0 saturated heterocycles. The van der Waals surface area contributed by atoms with Crippen molar-refractivity contribution in [2.45, 2.75) is 19.4 Å². The van der Waals surface area contributed by atoms with Crippen molar-refractivity contribution in [2.24, 2.45) is 5.10 Å². The maximum Gasteiger partial charge on any atom is 0.258 e. The van der Waals surface area contributed by atoms with E-state index in [0.717, 1.165) is 26.5 Å². The minimum atomic E-state index is -0.359. The highest BCUT2D eigenvalue weighted by molar-refractivity contribution is 9.10. The minimum Gasteiger partial charge on any atom is -0.497 e. The maximum atomic E-state index is 13.5. The van der Waals surface area contributed by atoms with Crippen LogP contribution in [0.4, 0.5) is 0 Å². The first-order chi connectivity index (χ1) is 16.9. The normalized spacial score (nSPS) is 15.4. The van der Waals surface area contributed by atoms with Gasteiger partial charge in [-0.25, -0.2) is 5.01 Å². The van der Waals surface area contributed by atoms with Gasteiger partial charge in [-0.1, -0.05) is 51.8 Å². The molecular weight excluding hydrogens is 530 g/mol. The van der Waals surface area contributed by atoms with Crippen LogP contribution in [0.1, 0.15) is 30.5 Å². The first kappa shape index (κ1) is 23.3. The van der Waals surface area contributed by atoms with Gasteiger partial charge >= 0.3 is 0 Å². The van der Waals surface area contributed by atoms with Crippen molar-refractivity contribution in [3.8, 4) is 16.9 Å². The second-order valence-corrected chi connectivity index (χ2v) is 9.66. The molecule has 35 heavy (non-hydrogen) atoms. The molecule has 0 bridgehead atoms. The van der Waals surface area contributed by atoms with E-state index in [4.69, 9.17) is 16.3 Å². The molecule has 1 amide bonds. The Bertz CT molecular complexity index is 1560. The number of carbonyl (C=O) groups excluding carboxylic acids is 1. The van der Waals surface area contributed by atoms with Crippen LogP contribution >= 0.6 is 27.5 Å². The number of rotatable bonds is 4. The van der Waals surface area contributed by atoms with Gasteiger partial charge in [0, 0.05) is 39.3 Å². The highest BCUT2D eigenvalue weighted by Crippen LogP contribution is 2.38. The van der Waals surface area contributed by atoms with Crippen LogP contribution in [-0.2, 0) is 4.79 Å². The van der Waals surface area contributed by atoms with E-state index in [2.05, 4.69) is 26.0 Å². The summed E-state index contributed by atoms with van der Waals surface area (Å²) in [6.45, 7) is 1.47. The predicted molar refractivity (Wildman–Crippen MR) is 142 cm³/mol. The van der Waals surface area contributed by atoms with Crippen molar-refractivity contribution in [3.63, 3.8) is 0 Å². The number of fused-ring (bicyclic) bond motifs is 1. The van der Waals surface area contributed by atoms with Crippen LogP contribution in [-0.4, -0.2) is 28.7 Å². The van der Waals surface area contributed by atoms with Gasteiger partial charge in [0.1, 0.15) is 5.75 Å². The van der Waals surface area contributed by atoms with E-state index >= 15 is 0 Å². The van der Waals surface area contributed by atoms with E-state index < -0.39 is 0 Å².